The van der Waals surface area contributed by atoms with Crippen LogP contribution in [0.15, 0.2) is 82.0 Å². The largest absolute Gasteiger partial charge is 0.493 e. The van der Waals surface area contributed by atoms with Gasteiger partial charge in [-0.2, -0.15) is 0 Å². The summed E-state index contributed by atoms with van der Waals surface area (Å²) in [5.41, 5.74) is 7.55. The van der Waals surface area contributed by atoms with Crippen LogP contribution in [0.25, 0.3) is 33.0 Å². The number of para-hydroxylation sites is 1. The molecule has 5 rings (SSSR count). The molecule has 174 valence electrons. The Morgan fingerprint density at radius 3 is 2.46 bits per heavy atom. The normalized spacial score (nSPS) is 10.9. The van der Waals surface area contributed by atoms with Gasteiger partial charge in [0.05, 0.1) is 7.11 Å². The predicted octanol–water partition coefficient (Wildman–Crippen LogP) is 4.33. The Morgan fingerprint density at radius 2 is 1.69 bits per heavy atom. The number of rotatable bonds is 4. The van der Waals surface area contributed by atoms with Gasteiger partial charge in [-0.15, -0.1) is 0 Å². The quantitative estimate of drug-likeness (QED) is 0.269. The van der Waals surface area contributed by atoms with Crippen molar-refractivity contribution in [2.45, 2.75) is 6.92 Å². The first-order chi connectivity index (χ1) is 17.0. The molecule has 8 heteroatoms. The van der Waals surface area contributed by atoms with Gasteiger partial charge in [0, 0.05) is 21.9 Å². The van der Waals surface area contributed by atoms with Gasteiger partial charge in [0.2, 0.25) is 0 Å². The van der Waals surface area contributed by atoms with E-state index in [4.69, 9.17) is 9.15 Å². The molecule has 0 spiro atoms. The molecule has 0 saturated carbocycles. The number of methoxy groups -OCH3 is 1. The van der Waals surface area contributed by atoms with Gasteiger partial charge in [0.1, 0.15) is 11.3 Å². The number of fused-ring (bicyclic) bond motifs is 2. The minimum atomic E-state index is -0.847. The second-order valence-electron chi connectivity index (χ2n) is 8.02. The van der Waals surface area contributed by atoms with Crippen LogP contribution < -0.4 is 21.2 Å². The molecule has 0 unspecified atom stereocenters. The molecule has 0 bridgehead atoms. The van der Waals surface area contributed by atoms with Crippen molar-refractivity contribution >= 4 is 33.7 Å². The van der Waals surface area contributed by atoms with Crippen molar-refractivity contribution in [3.05, 3.63) is 100 Å². The van der Waals surface area contributed by atoms with Crippen molar-refractivity contribution < 1.29 is 18.7 Å². The Bertz CT molecular complexity index is 1650. The SMILES string of the molecule is COc1cccc2cc(C(=O)NNC(=O)c3[nH]c4ccc(C)cc4c3-c3ccccc3)c(=O)oc12. The minimum absolute atomic E-state index is 0.237. The Balaban J connectivity index is 1.45. The summed E-state index contributed by atoms with van der Waals surface area (Å²) in [6.45, 7) is 1.98. The van der Waals surface area contributed by atoms with Crippen LogP contribution in [0.4, 0.5) is 0 Å². The van der Waals surface area contributed by atoms with Crippen LogP contribution in [0, 0.1) is 6.92 Å². The number of aromatic amines is 1. The number of benzene rings is 3. The zero-order valence-electron chi connectivity index (χ0n) is 19.0. The molecule has 0 fully saturated rings. The zero-order chi connectivity index (χ0) is 24.5. The monoisotopic (exact) mass is 467 g/mol. The third kappa shape index (κ3) is 4.02. The average Bonchev–Trinajstić information content (AvgIpc) is 3.25. The lowest BCUT2D eigenvalue weighted by atomic mass is 10.0. The molecule has 2 amide bonds. The van der Waals surface area contributed by atoms with E-state index in [2.05, 4.69) is 15.8 Å². The van der Waals surface area contributed by atoms with Crippen molar-refractivity contribution in [2.75, 3.05) is 7.11 Å². The minimum Gasteiger partial charge on any atom is -0.493 e. The molecule has 35 heavy (non-hydrogen) atoms. The van der Waals surface area contributed by atoms with Gasteiger partial charge in [-0.3, -0.25) is 20.4 Å². The highest BCUT2D eigenvalue weighted by Crippen LogP contribution is 2.33. The molecule has 3 aromatic carbocycles. The maximum absolute atomic E-state index is 13.1. The van der Waals surface area contributed by atoms with Crippen LogP contribution in [0.2, 0.25) is 0 Å². The highest BCUT2D eigenvalue weighted by Gasteiger charge is 2.21. The number of aromatic nitrogens is 1. The van der Waals surface area contributed by atoms with Crippen LogP contribution in [0.5, 0.6) is 5.75 Å². The van der Waals surface area contributed by atoms with E-state index < -0.39 is 17.4 Å². The van der Waals surface area contributed by atoms with Crippen molar-refractivity contribution in [1.82, 2.24) is 15.8 Å². The molecular weight excluding hydrogens is 446 g/mol. The van der Waals surface area contributed by atoms with Gasteiger partial charge in [-0.1, -0.05) is 54.1 Å². The molecule has 0 saturated heterocycles. The summed E-state index contributed by atoms with van der Waals surface area (Å²) < 4.78 is 10.5. The van der Waals surface area contributed by atoms with Crippen molar-refractivity contribution in [1.29, 1.82) is 0 Å². The summed E-state index contributed by atoms with van der Waals surface area (Å²) in [6, 6.07) is 21.8. The van der Waals surface area contributed by atoms with E-state index in [9.17, 15) is 14.4 Å². The number of hydrogen-bond donors (Lipinski definition) is 3. The summed E-state index contributed by atoms with van der Waals surface area (Å²) in [7, 11) is 1.46. The van der Waals surface area contributed by atoms with Crippen LogP contribution in [-0.2, 0) is 0 Å². The Hall–Kier alpha value is -4.85. The first-order valence-electron chi connectivity index (χ1n) is 10.9. The number of H-pyrrole nitrogens is 1. The summed E-state index contributed by atoms with van der Waals surface area (Å²) in [4.78, 5) is 41.5. The molecule has 2 aromatic heterocycles. The fraction of sp³-hybridized carbons (Fsp3) is 0.0741. The molecule has 0 atom stereocenters. The summed E-state index contributed by atoms with van der Waals surface area (Å²) in [5.74, 6) is -0.981. The lowest BCUT2D eigenvalue weighted by Gasteiger charge is -2.09. The Kier molecular flexibility index (Phi) is 5.54. The molecule has 8 nitrogen and oxygen atoms in total. The smallest absolute Gasteiger partial charge is 0.349 e. The molecule has 0 aliphatic carbocycles. The molecular formula is C27H21N3O5. The fourth-order valence-corrected chi connectivity index (χ4v) is 4.06. The van der Waals surface area contributed by atoms with Gasteiger partial charge >= 0.3 is 5.63 Å². The van der Waals surface area contributed by atoms with Gasteiger partial charge < -0.3 is 14.1 Å². The second kappa shape index (κ2) is 8.83. The third-order valence-corrected chi connectivity index (χ3v) is 5.72. The number of carbonyl (C=O) groups is 2. The fourth-order valence-electron chi connectivity index (χ4n) is 4.06. The number of aryl methyl sites for hydroxylation is 1. The van der Waals surface area contributed by atoms with Gasteiger partial charge in [-0.25, -0.2) is 4.79 Å². The average molecular weight is 467 g/mol. The highest BCUT2D eigenvalue weighted by molar-refractivity contribution is 6.10. The van der Waals surface area contributed by atoms with Gasteiger partial charge in [0.25, 0.3) is 11.8 Å². The van der Waals surface area contributed by atoms with Crippen LogP contribution in [0.3, 0.4) is 0 Å². The van der Waals surface area contributed by atoms with E-state index in [-0.39, 0.29) is 16.8 Å². The second-order valence-corrected chi connectivity index (χ2v) is 8.02. The number of hydrogen-bond acceptors (Lipinski definition) is 5. The topological polar surface area (TPSA) is 113 Å². The first-order valence-corrected chi connectivity index (χ1v) is 10.9. The molecule has 0 radical (unpaired) electrons. The first kappa shape index (κ1) is 22.0. The lowest BCUT2D eigenvalue weighted by Crippen LogP contribution is -2.43. The van der Waals surface area contributed by atoms with E-state index in [1.807, 2.05) is 55.5 Å². The third-order valence-electron chi connectivity index (χ3n) is 5.72. The van der Waals surface area contributed by atoms with E-state index >= 15 is 0 Å². The number of carbonyl (C=O) groups excluding carboxylic acids is 2. The van der Waals surface area contributed by atoms with E-state index in [1.54, 1.807) is 18.2 Å². The lowest BCUT2D eigenvalue weighted by molar-refractivity contribution is 0.0842. The summed E-state index contributed by atoms with van der Waals surface area (Å²) in [5, 5.41) is 1.40. The van der Waals surface area contributed by atoms with E-state index in [1.165, 1.54) is 13.2 Å². The number of hydrazine groups is 1. The van der Waals surface area contributed by atoms with E-state index in [0.29, 0.717) is 16.7 Å². The summed E-state index contributed by atoms with van der Waals surface area (Å²) in [6.07, 6.45) is 0. The standard InChI is InChI=1S/C27H21N3O5/c1-15-11-12-20-18(13-15)22(16-7-4-3-5-8-16)23(28-20)26(32)30-29-25(31)19-14-17-9-6-10-21(34-2)24(17)35-27(19)33/h3-14,28H,1-2H3,(H,29,31)(H,30,32). The zero-order valence-corrected chi connectivity index (χ0v) is 19.0. The summed E-state index contributed by atoms with van der Waals surface area (Å²) >= 11 is 0. The number of nitrogens with one attached hydrogen (secondary N) is 3. The van der Waals surface area contributed by atoms with Gasteiger partial charge in [-0.05, 0) is 36.8 Å². The predicted molar refractivity (Wildman–Crippen MR) is 132 cm³/mol. The van der Waals surface area contributed by atoms with Crippen LogP contribution in [-0.4, -0.2) is 23.9 Å². The number of ether oxygens (including phenoxy) is 1. The highest BCUT2D eigenvalue weighted by atomic mass is 16.5. The van der Waals surface area contributed by atoms with Gasteiger partial charge in [0.15, 0.2) is 11.3 Å². The van der Waals surface area contributed by atoms with E-state index in [0.717, 1.165) is 22.0 Å². The molecule has 0 aliphatic rings. The Labute approximate surface area is 199 Å². The molecule has 3 N–H and O–H groups in total. The Morgan fingerprint density at radius 1 is 0.914 bits per heavy atom. The van der Waals surface area contributed by atoms with Crippen molar-refractivity contribution in [2.24, 2.45) is 0 Å². The van der Waals surface area contributed by atoms with Crippen molar-refractivity contribution in [3.63, 3.8) is 0 Å². The van der Waals surface area contributed by atoms with Crippen LogP contribution >= 0.6 is 0 Å². The maximum atomic E-state index is 13.1. The van der Waals surface area contributed by atoms with Crippen LogP contribution in [0.1, 0.15) is 26.4 Å². The molecule has 0 aliphatic heterocycles. The molecule has 2 heterocycles. The van der Waals surface area contributed by atoms with Crippen molar-refractivity contribution in [3.8, 4) is 16.9 Å². The molecule has 5 aromatic rings. The number of amides is 2. The maximum Gasteiger partial charge on any atom is 0.349 e.